The number of nitrogens with zero attached hydrogens (tertiary/aromatic N) is 1. The molecule has 0 aromatic carbocycles. The molecule has 1 heterocycles. The number of carbonyl (C=O) groups excluding carboxylic acids is 1. The van der Waals surface area contributed by atoms with Crippen molar-refractivity contribution in [2.75, 3.05) is 0 Å². The molecule has 0 aliphatic heterocycles. The normalized spacial score (nSPS) is 9.62. The molecule has 13 heavy (non-hydrogen) atoms. The van der Waals surface area contributed by atoms with Gasteiger partial charge in [-0.3, -0.25) is 4.79 Å². The lowest BCUT2D eigenvalue weighted by atomic mass is 10.2. The molecule has 0 aliphatic rings. The molecule has 1 aromatic rings. The van der Waals surface area contributed by atoms with E-state index in [-0.39, 0.29) is 16.4 Å². The van der Waals surface area contributed by atoms with E-state index in [0.29, 0.717) is 0 Å². The first-order valence-electron chi connectivity index (χ1n) is 3.22. The van der Waals surface area contributed by atoms with E-state index in [4.69, 9.17) is 22.4 Å². The lowest BCUT2D eigenvalue weighted by molar-refractivity contribution is 0.0690. The Morgan fingerprint density at radius 1 is 1.46 bits per heavy atom. The van der Waals surface area contributed by atoms with Gasteiger partial charge in [0.05, 0.1) is 5.56 Å². The van der Waals surface area contributed by atoms with Crippen LogP contribution in [0.25, 0.3) is 0 Å². The van der Waals surface area contributed by atoms with Gasteiger partial charge in [-0.05, 0) is 12.1 Å². The van der Waals surface area contributed by atoms with Crippen LogP contribution in [0.4, 0.5) is 0 Å². The first-order valence-corrected chi connectivity index (χ1v) is 3.60. The number of primary amides is 1. The minimum absolute atomic E-state index is 0.00617. The zero-order valence-electron chi connectivity index (χ0n) is 6.32. The second-order valence-corrected chi connectivity index (χ2v) is 2.56. The van der Waals surface area contributed by atoms with Gasteiger partial charge in [0.2, 0.25) is 0 Å². The van der Waals surface area contributed by atoms with Gasteiger partial charge in [0.25, 0.3) is 5.91 Å². The van der Waals surface area contributed by atoms with Crippen molar-refractivity contribution in [1.82, 2.24) is 4.98 Å². The lowest BCUT2D eigenvalue weighted by Crippen LogP contribution is -2.13. The number of aromatic nitrogens is 1. The van der Waals surface area contributed by atoms with Gasteiger partial charge in [-0.2, -0.15) is 0 Å². The molecule has 0 fully saturated rings. The van der Waals surface area contributed by atoms with Crippen LogP contribution in [0.15, 0.2) is 12.1 Å². The van der Waals surface area contributed by atoms with E-state index in [9.17, 15) is 9.59 Å². The molecule has 1 amide bonds. The van der Waals surface area contributed by atoms with Crippen molar-refractivity contribution in [3.05, 3.63) is 28.5 Å². The number of aromatic carboxylic acids is 1. The molecule has 0 spiro atoms. The van der Waals surface area contributed by atoms with E-state index in [1.807, 2.05) is 0 Å². The molecular formula is C7H5ClN2O3. The second kappa shape index (κ2) is 3.40. The van der Waals surface area contributed by atoms with Crippen molar-refractivity contribution in [2.45, 2.75) is 0 Å². The molecule has 0 radical (unpaired) electrons. The van der Waals surface area contributed by atoms with E-state index in [0.717, 1.165) is 6.07 Å². The SMILES string of the molecule is NC(=O)c1ccc(C(=O)O)nc1Cl. The monoisotopic (exact) mass is 200 g/mol. The topological polar surface area (TPSA) is 93.3 Å². The van der Waals surface area contributed by atoms with Crippen LogP contribution in [0.3, 0.4) is 0 Å². The van der Waals surface area contributed by atoms with E-state index in [1.165, 1.54) is 6.07 Å². The zero-order chi connectivity index (χ0) is 10.0. The molecule has 3 N–H and O–H groups in total. The summed E-state index contributed by atoms with van der Waals surface area (Å²) in [5.74, 6) is -1.95. The predicted molar refractivity (Wildman–Crippen MR) is 44.7 cm³/mol. The molecule has 0 bridgehead atoms. The number of carboxylic acids is 1. The van der Waals surface area contributed by atoms with Crippen molar-refractivity contribution < 1.29 is 14.7 Å². The van der Waals surface area contributed by atoms with Crippen LogP contribution in [-0.4, -0.2) is 22.0 Å². The van der Waals surface area contributed by atoms with Crippen molar-refractivity contribution >= 4 is 23.5 Å². The van der Waals surface area contributed by atoms with E-state index >= 15 is 0 Å². The molecule has 68 valence electrons. The maximum Gasteiger partial charge on any atom is 0.354 e. The fraction of sp³-hybridized carbons (Fsp3) is 0. The van der Waals surface area contributed by atoms with Gasteiger partial charge in [-0.15, -0.1) is 0 Å². The average Bonchev–Trinajstić information content (AvgIpc) is 2.03. The van der Waals surface area contributed by atoms with Gasteiger partial charge in [0, 0.05) is 0 Å². The molecule has 6 heteroatoms. The van der Waals surface area contributed by atoms with Gasteiger partial charge in [-0.1, -0.05) is 11.6 Å². The number of carbonyl (C=O) groups is 2. The van der Waals surface area contributed by atoms with Crippen LogP contribution in [0, 0.1) is 0 Å². The Morgan fingerprint density at radius 3 is 2.46 bits per heavy atom. The number of carboxylic acid groups (broad SMARTS) is 1. The Balaban J connectivity index is 3.20. The van der Waals surface area contributed by atoms with Crippen LogP contribution >= 0.6 is 11.6 Å². The van der Waals surface area contributed by atoms with Crippen LogP contribution < -0.4 is 5.73 Å². The summed E-state index contributed by atoms with van der Waals surface area (Å²) in [6.07, 6.45) is 0. The van der Waals surface area contributed by atoms with Crippen molar-refractivity contribution in [3.8, 4) is 0 Å². The average molecular weight is 201 g/mol. The number of halogens is 1. The van der Waals surface area contributed by atoms with Crippen molar-refractivity contribution in [2.24, 2.45) is 5.73 Å². The molecule has 0 saturated heterocycles. The summed E-state index contributed by atoms with van der Waals surface area (Å²) in [7, 11) is 0. The standard InChI is InChI=1S/C7H5ClN2O3/c8-5-3(6(9)11)1-2-4(10-5)7(12)13/h1-2H,(H2,9,11)(H,12,13). The molecule has 5 nitrogen and oxygen atoms in total. The third kappa shape index (κ3) is 1.94. The molecule has 0 unspecified atom stereocenters. The largest absolute Gasteiger partial charge is 0.477 e. The lowest BCUT2D eigenvalue weighted by Gasteiger charge is -1.99. The number of rotatable bonds is 2. The highest BCUT2D eigenvalue weighted by Gasteiger charge is 2.11. The van der Waals surface area contributed by atoms with E-state index < -0.39 is 11.9 Å². The first kappa shape index (κ1) is 9.47. The number of nitrogens with two attached hydrogens (primary N) is 1. The van der Waals surface area contributed by atoms with Crippen LogP contribution in [-0.2, 0) is 0 Å². The fourth-order valence-corrected chi connectivity index (χ4v) is 0.984. The van der Waals surface area contributed by atoms with Gasteiger partial charge < -0.3 is 10.8 Å². The smallest absolute Gasteiger partial charge is 0.354 e. The maximum atomic E-state index is 10.7. The number of amides is 1. The maximum absolute atomic E-state index is 10.7. The highest BCUT2D eigenvalue weighted by Crippen LogP contribution is 2.12. The minimum atomic E-state index is -1.21. The number of pyridine rings is 1. The molecule has 1 aromatic heterocycles. The highest BCUT2D eigenvalue weighted by atomic mass is 35.5. The Labute approximate surface area is 78.1 Å². The second-order valence-electron chi connectivity index (χ2n) is 2.20. The van der Waals surface area contributed by atoms with Gasteiger partial charge in [0.15, 0.2) is 0 Å². The van der Waals surface area contributed by atoms with Gasteiger partial charge >= 0.3 is 5.97 Å². The molecule has 0 atom stereocenters. The number of hydrogen-bond acceptors (Lipinski definition) is 3. The summed E-state index contributed by atoms with van der Waals surface area (Å²) in [5.41, 5.74) is 4.71. The van der Waals surface area contributed by atoms with Crippen LogP contribution in [0.2, 0.25) is 5.15 Å². The summed E-state index contributed by atoms with van der Waals surface area (Å²) in [4.78, 5) is 24.5. The van der Waals surface area contributed by atoms with E-state index in [2.05, 4.69) is 4.98 Å². The van der Waals surface area contributed by atoms with Crippen LogP contribution in [0.5, 0.6) is 0 Å². The number of hydrogen-bond donors (Lipinski definition) is 2. The predicted octanol–water partition coefficient (Wildman–Crippen LogP) is 0.532. The Bertz CT molecular complexity index is 378. The molecule has 0 aliphatic carbocycles. The summed E-state index contributed by atoms with van der Waals surface area (Å²) >= 11 is 5.49. The Morgan fingerprint density at radius 2 is 2.08 bits per heavy atom. The quantitative estimate of drug-likeness (QED) is 0.681. The first-order chi connectivity index (χ1) is 6.02. The van der Waals surface area contributed by atoms with Gasteiger partial charge in [-0.25, -0.2) is 9.78 Å². The summed E-state index contributed by atoms with van der Waals surface area (Å²) in [5, 5.41) is 8.30. The Hall–Kier alpha value is -1.62. The third-order valence-corrected chi connectivity index (χ3v) is 1.62. The summed E-state index contributed by atoms with van der Waals surface area (Å²) in [6.45, 7) is 0. The minimum Gasteiger partial charge on any atom is -0.477 e. The highest BCUT2D eigenvalue weighted by molar-refractivity contribution is 6.32. The van der Waals surface area contributed by atoms with Gasteiger partial charge in [0.1, 0.15) is 10.8 Å². The van der Waals surface area contributed by atoms with Crippen LogP contribution in [0.1, 0.15) is 20.8 Å². The third-order valence-electron chi connectivity index (χ3n) is 1.33. The molecular weight excluding hydrogens is 196 g/mol. The van der Waals surface area contributed by atoms with E-state index in [1.54, 1.807) is 0 Å². The molecule has 0 saturated carbocycles. The summed E-state index contributed by atoms with van der Waals surface area (Å²) in [6, 6.07) is 2.38. The molecule has 1 rings (SSSR count). The Kier molecular flexibility index (Phi) is 2.48. The zero-order valence-corrected chi connectivity index (χ0v) is 7.08. The fourth-order valence-electron chi connectivity index (χ4n) is 0.737. The van der Waals surface area contributed by atoms with Crippen molar-refractivity contribution in [3.63, 3.8) is 0 Å². The van der Waals surface area contributed by atoms with Crippen molar-refractivity contribution in [1.29, 1.82) is 0 Å². The summed E-state index contributed by atoms with van der Waals surface area (Å²) < 4.78 is 0.